The molecule has 1 aromatic carbocycles. The Morgan fingerprint density at radius 3 is 2.41 bits per heavy atom. The number of Topliss-reactive ketones (excluding diaryl/α,β-unsaturated/α-hetero) is 1. The van der Waals surface area contributed by atoms with Gasteiger partial charge in [-0.15, -0.1) is 11.3 Å². The van der Waals surface area contributed by atoms with Crippen LogP contribution in [0.3, 0.4) is 0 Å². The lowest BCUT2D eigenvalue weighted by molar-refractivity contribution is -0.137. The molecular formula is C32H45N5O6S. The molecule has 1 aliphatic heterocycles. The van der Waals surface area contributed by atoms with E-state index in [0.29, 0.717) is 12.8 Å². The predicted molar refractivity (Wildman–Crippen MR) is 169 cm³/mol. The second-order valence-electron chi connectivity index (χ2n) is 11.8. The molecule has 0 radical (unpaired) electrons. The first kappa shape index (κ1) is 34.8. The second kappa shape index (κ2) is 17.0. The largest absolute Gasteiger partial charge is 0.481 e. The van der Waals surface area contributed by atoms with Crippen molar-refractivity contribution in [2.75, 3.05) is 6.54 Å². The van der Waals surface area contributed by atoms with Crippen LogP contribution in [0.5, 0.6) is 0 Å². The third kappa shape index (κ3) is 10.5. The van der Waals surface area contributed by atoms with Crippen LogP contribution in [0.15, 0.2) is 35.7 Å². The molecule has 11 nitrogen and oxygen atoms in total. The Bertz CT molecular complexity index is 1280. The monoisotopic (exact) mass is 627 g/mol. The summed E-state index contributed by atoms with van der Waals surface area (Å²) in [6.07, 6.45) is 2.92. The third-order valence-electron chi connectivity index (χ3n) is 8.05. The number of nitrogens with zero attached hydrogens (tertiary/aromatic N) is 1. The quantitative estimate of drug-likeness (QED) is 0.167. The summed E-state index contributed by atoms with van der Waals surface area (Å²) >= 11 is 1.05. The number of carboxylic acid groups (broad SMARTS) is 1. The Labute approximate surface area is 263 Å². The molecule has 5 atom stereocenters. The number of aromatic nitrogens is 1. The number of carboxylic acids is 1. The first-order valence-electron chi connectivity index (χ1n) is 15.4. The van der Waals surface area contributed by atoms with Crippen molar-refractivity contribution < 1.29 is 29.1 Å². The number of aliphatic carboxylic acids is 1. The van der Waals surface area contributed by atoms with Gasteiger partial charge >= 0.3 is 5.97 Å². The predicted octanol–water partition coefficient (Wildman–Crippen LogP) is 3.35. The minimum atomic E-state index is -0.950. The molecule has 5 N–H and O–H groups in total. The van der Waals surface area contributed by atoms with Gasteiger partial charge < -0.3 is 26.4 Å². The highest BCUT2D eigenvalue weighted by Gasteiger charge is 2.32. The van der Waals surface area contributed by atoms with Gasteiger partial charge in [-0.25, -0.2) is 4.98 Å². The Balaban J connectivity index is 1.64. The molecule has 12 heteroatoms. The van der Waals surface area contributed by atoms with E-state index in [1.807, 2.05) is 58.0 Å². The molecule has 0 saturated carbocycles. The smallest absolute Gasteiger partial charge is 0.303 e. The highest BCUT2D eigenvalue weighted by Crippen LogP contribution is 2.18. The van der Waals surface area contributed by atoms with Gasteiger partial charge in [0.1, 0.15) is 11.7 Å². The van der Waals surface area contributed by atoms with Crippen molar-refractivity contribution in [3.63, 3.8) is 0 Å². The average Bonchev–Trinajstić information content (AvgIpc) is 3.71. The number of carbonyl (C=O) groups excluding carboxylic acids is 4. The van der Waals surface area contributed by atoms with Gasteiger partial charge in [0.2, 0.25) is 11.8 Å². The molecule has 2 heterocycles. The summed E-state index contributed by atoms with van der Waals surface area (Å²) < 4.78 is 0. The third-order valence-corrected chi connectivity index (χ3v) is 8.93. The van der Waals surface area contributed by atoms with Gasteiger partial charge in [-0.1, -0.05) is 64.4 Å². The maximum Gasteiger partial charge on any atom is 0.303 e. The Hall–Kier alpha value is -3.64. The maximum absolute atomic E-state index is 13.4. The van der Waals surface area contributed by atoms with Crippen LogP contribution >= 0.6 is 11.3 Å². The van der Waals surface area contributed by atoms with Gasteiger partial charge in [0, 0.05) is 30.3 Å². The van der Waals surface area contributed by atoms with Crippen LogP contribution in [0.4, 0.5) is 0 Å². The molecular weight excluding hydrogens is 582 g/mol. The zero-order valence-corrected chi connectivity index (χ0v) is 26.7. The molecule has 3 amide bonds. The standard InChI is InChI=1S/C32H45N5O6S/c1-5-20(4)28(37-29(41)23-12-9-15-33-23)31(43)35-24(19(2)3)17-26(38)32-36-25(18-44-32)30(42)34-22(13-14-27(39)40)16-21-10-7-6-8-11-21/h6-8,10-11,18-20,22-24,28,33H,5,9,12-17H2,1-4H3,(H,34,42)(H,35,43)(H,37,41)(H,39,40)/t20-,22+,23-,24+,28-/m0/s1. The van der Waals surface area contributed by atoms with Crippen LogP contribution in [-0.4, -0.2) is 70.3 Å². The number of rotatable bonds is 17. The fourth-order valence-corrected chi connectivity index (χ4v) is 5.81. The molecule has 0 unspecified atom stereocenters. The Morgan fingerprint density at radius 2 is 1.80 bits per heavy atom. The average molecular weight is 628 g/mol. The van der Waals surface area contributed by atoms with E-state index < -0.39 is 30.0 Å². The van der Waals surface area contributed by atoms with Crippen molar-refractivity contribution in [2.45, 2.75) is 96.8 Å². The van der Waals surface area contributed by atoms with Crippen molar-refractivity contribution in [3.8, 4) is 0 Å². The summed E-state index contributed by atoms with van der Waals surface area (Å²) in [5, 5.41) is 22.7. The lowest BCUT2D eigenvalue weighted by Gasteiger charge is -2.29. The van der Waals surface area contributed by atoms with E-state index in [9.17, 15) is 24.0 Å². The fraction of sp³-hybridized carbons (Fsp3) is 0.562. The molecule has 0 bridgehead atoms. The number of ketones is 1. The van der Waals surface area contributed by atoms with Crippen molar-refractivity contribution >= 4 is 40.8 Å². The van der Waals surface area contributed by atoms with Crippen molar-refractivity contribution in [1.29, 1.82) is 0 Å². The van der Waals surface area contributed by atoms with Crippen LogP contribution in [0.25, 0.3) is 0 Å². The lowest BCUT2D eigenvalue weighted by Crippen LogP contribution is -2.56. The van der Waals surface area contributed by atoms with Gasteiger partial charge in [-0.3, -0.25) is 24.0 Å². The van der Waals surface area contributed by atoms with Crippen LogP contribution in [0.2, 0.25) is 0 Å². The molecule has 1 aliphatic rings. The van der Waals surface area contributed by atoms with E-state index in [4.69, 9.17) is 5.11 Å². The van der Waals surface area contributed by atoms with E-state index in [0.717, 1.165) is 36.3 Å². The van der Waals surface area contributed by atoms with Gasteiger partial charge in [0.05, 0.1) is 6.04 Å². The number of hydrogen-bond donors (Lipinski definition) is 5. The normalized spacial score (nSPS) is 17.3. The number of thiazole rings is 1. The van der Waals surface area contributed by atoms with Gasteiger partial charge in [0.15, 0.2) is 10.8 Å². The number of carbonyl (C=O) groups is 5. The first-order chi connectivity index (χ1) is 21.0. The van der Waals surface area contributed by atoms with Gasteiger partial charge in [-0.05, 0) is 49.6 Å². The van der Waals surface area contributed by atoms with E-state index >= 15 is 0 Å². The summed E-state index contributed by atoms with van der Waals surface area (Å²) in [7, 11) is 0. The number of amides is 3. The van der Waals surface area contributed by atoms with Crippen LogP contribution in [-0.2, 0) is 20.8 Å². The topological polar surface area (TPSA) is 167 Å². The minimum Gasteiger partial charge on any atom is -0.481 e. The SMILES string of the molecule is CC[C@H](C)[C@H](NC(=O)[C@@H]1CCCN1)C(=O)N[C@H](CC(=O)c1nc(C(=O)N[C@H](CCC(=O)O)Cc2ccccc2)cs1)C(C)C. The Kier molecular flexibility index (Phi) is 13.5. The molecule has 3 rings (SSSR count). The number of benzene rings is 1. The molecule has 240 valence electrons. The number of nitrogens with one attached hydrogen (secondary N) is 4. The van der Waals surface area contributed by atoms with Crippen molar-refractivity contribution in [3.05, 3.63) is 52.0 Å². The summed E-state index contributed by atoms with van der Waals surface area (Å²) in [6, 6.07) is 7.50. The number of hydrogen-bond acceptors (Lipinski definition) is 8. The lowest BCUT2D eigenvalue weighted by atomic mass is 9.94. The molecule has 44 heavy (non-hydrogen) atoms. The van der Waals surface area contributed by atoms with Crippen molar-refractivity contribution in [2.24, 2.45) is 11.8 Å². The fourth-order valence-electron chi connectivity index (χ4n) is 5.06. The highest BCUT2D eigenvalue weighted by molar-refractivity contribution is 7.11. The zero-order chi connectivity index (χ0) is 32.2. The van der Waals surface area contributed by atoms with Gasteiger partial charge in [0.25, 0.3) is 5.91 Å². The molecule has 1 aromatic heterocycles. The second-order valence-corrected chi connectivity index (χ2v) is 12.7. The summed E-state index contributed by atoms with van der Waals surface area (Å²) in [4.78, 5) is 67.9. The minimum absolute atomic E-state index is 0.0153. The van der Waals surface area contributed by atoms with Crippen molar-refractivity contribution in [1.82, 2.24) is 26.3 Å². The van der Waals surface area contributed by atoms with Crippen LogP contribution in [0, 0.1) is 11.8 Å². The summed E-state index contributed by atoms with van der Waals surface area (Å²) in [5.74, 6) is -2.45. The van der Waals surface area contributed by atoms with E-state index in [2.05, 4.69) is 26.3 Å². The molecule has 1 saturated heterocycles. The molecule has 0 spiro atoms. The molecule has 1 fully saturated rings. The zero-order valence-electron chi connectivity index (χ0n) is 25.9. The van der Waals surface area contributed by atoms with Crippen LogP contribution in [0.1, 0.15) is 92.1 Å². The summed E-state index contributed by atoms with van der Waals surface area (Å²) in [5.41, 5.74) is 1.04. The van der Waals surface area contributed by atoms with Crippen LogP contribution < -0.4 is 21.3 Å². The van der Waals surface area contributed by atoms with E-state index in [1.54, 1.807) is 0 Å². The highest BCUT2D eigenvalue weighted by atomic mass is 32.1. The van der Waals surface area contributed by atoms with Gasteiger partial charge in [-0.2, -0.15) is 0 Å². The summed E-state index contributed by atoms with van der Waals surface area (Å²) in [6.45, 7) is 8.45. The van der Waals surface area contributed by atoms with E-state index in [-0.39, 0.29) is 65.4 Å². The maximum atomic E-state index is 13.4. The molecule has 2 aromatic rings. The molecule has 0 aliphatic carbocycles. The Morgan fingerprint density at radius 1 is 1.07 bits per heavy atom. The van der Waals surface area contributed by atoms with E-state index in [1.165, 1.54) is 5.38 Å². The first-order valence-corrected chi connectivity index (χ1v) is 16.3.